The molecule has 9 nitrogen and oxygen atoms in total. The van der Waals surface area contributed by atoms with Gasteiger partial charge >= 0.3 is 0 Å². The van der Waals surface area contributed by atoms with E-state index < -0.39 is 24.4 Å². The topological polar surface area (TPSA) is 157 Å². The standard InChI is InChI=1S/C10H16FN3O3.C4H11N3/c11-4-7(15)6-13-10(17)8-2-1-3-14(8)9(16)5-12;1-2-3-7-4(5)6/h8H,1-6,12H2,(H,13,17);2-3H2,1H3,(H4,5,6,7). The summed E-state index contributed by atoms with van der Waals surface area (Å²) >= 11 is 0. The second-order valence-electron chi connectivity index (χ2n) is 5.15. The summed E-state index contributed by atoms with van der Waals surface area (Å²) in [6.07, 6.45) is 2.26. The maximum Gasteiger partial charge on any atom is 0.243 e. The number of alkyl halides is 1. The van der Waals surface area contributed by atoms with E-state index >= 15 is 0 Å². The van der Waals surface area contributed by atoms with Gasteiger partial charge in [-0.2, -0.15) is 0 Å². The van der Waals surface area contributed by atoms with Gasteiger partial charge in [-0.15, -0.1) is 0 Å². The minimum Gasteiger partial charge on any atom is -0.370 e. The first kappa shape index (κ1) is 21.8. The van der Waals surface area contributed by atoms with Crippen LogP contribution in [0.25, 0.3) is 0 Å². The van der Waals surface area contributed by atoms with Crippen LogP contribution in [0.15, 0.2) is 4.99 Å². The number of nitrogens with two attached hydrogens (primary N) is 3. The highest BCUT2D eigenvalue weighted by Crippen LogP contribution is 2.17. The van der Waals surface area contributed by atoms with E-state index in [2.05, 4.69) is 10.3 Å². The van der Waals surface area contributed by atoms with Gasteiger partial charge in [0.1, 0.15) is 12.7 Å². The molecule has 24 heavy (non-hydrogen) atoms. The number of guanidine groups is 1. The van der Waals surface area contributed by atoms with Gasteiger partial charge in [-0.1, -0.05) is 6.92 Å². The minimum atomic E-state index is -1.10. The highest BCUT2D eigenvalue weighted by molar-refractivity contribution is 5.92. The molecule has 0 radical (unpaired) electrons. The number of Topliss-reactive ketones (excluding diaryl/α,β-unsaturated/α-hetero) is 1. The van der Waals surface area contributed by atoms with Crippen molar-refractivity contribution in [1.29, 1.82) is 0 Å². The second-order valence-corrected chi connectivity index (χ2v) is 5.15. The number of carbonyl (C=O) groups is 3. The molecule has 0 aliphatic carbocycles. The lowest BCUT2D eigenvalue weighted by molar-refractivity contribution is -0.137. The number of carbonyl (C=O) groups excluding carboxylic acids is 3. The number of halogens is 1. The highest BCUT2D eigenvalue weighted by Gasteiger charge is 2.33. The molecule has 0 aromatic heterocycles. The molecule has 1 unspecified atom stereocenters. The fraction of sp³-hybridized carbons (Fsp3) is 0.714. The molecule has 0 aromatic rings. The van der Waals surface area contributed by atoms with Crippen molar-refractivity contribution in [1.82, 2.24) is 10.2 Å². The molecular weight excluding hydrogens is 319 g/mol. The molecule has 1 aliphatic rings. The van der Waals surface area contributed by atoms with Crippen molar-refractivity contribution >= 4 is 23.6 Å². The summed E-state index contributed by atoms with van der Waals surface area (Å²) in [7, 11) is 0. The number of nitrogens with zero attached hydrogens (tertiary/aromatic N) is 2. The van der Waals surface area contributed by atoms with Crippen LogP contribution < -0.4 is 22.5 Å². The van der Waals surface area contributed by atoms with Crippen LogP contribution in [-0.4, -0.2) is 67.4 Å². The Labute approximate surface area is 140 Å². The first-order chi connectivity index (χ1) is 11.4. The van der Waals surface area contributed by atoms with Gasteiger partial charge in [0.25, 0.3) is 0 Å². The molecule has 1 fully saturated rings. The summed E-state index contributed by atoms with van der Waals surface area (Å²) in [5.41, 5.74) is 15.2. The molecule has 0 bridgehead atoms. The molecule has 1 saturated heterocycles. The van der Waals surface area contributed by atoms with Gasteiger partial charge < -0.3 is 27.4 Å². The van der Waals surface area contributed by atoms with Gasteiger partial charge in [0.2, 0.25) is 11.8 Å². The molecule has 10 heteroatoms. The molecule has 0 aromatic carbocycles. The Morgan fingerprint density at radius 2 is 2.00 bits per heavy atom. The molecule has 0 spiro atoms. The molecule has 1 heterocycles. The SMILES string of the molecule is CCCN=C(N)N.NCC(=O)N1CCCC1C(=O)NCC(=O)CF. The fourth-order valence-electron chi connectivity index (χ4n) is 2.05. The first-order valence-electron chi connectivity index (χ1n) is 7.77. The molecule has 1 rings (SSSR count). The van der Waals surface area contributed by atoms with Gasteiger partial charge in [-0.25, -0.2) is 4.39 Å². The van der Waals surface area contributed by atoms with Crippen molar-refractivity contribution in [3.63, 3.8) is 0 Å². The van der Waals surface area contributed by atoms with E-state index in [9.17, 15) is 18.8 Å². The quantitative estimate of drug-likeness (QED) is 0.316. The van der Waals surface area contributed by atoms with E-state index in [1.165, 1.54) is 4.90 Å². The van der Waals surface area contributed by atoms with Crippen LogP contribution in [0.5, 0.6) is 0 Å². The number of aliphatic imine (C=N–C) groups is 1. The largest absolute Gasteiger partial charge is 0.370 e. The van der Waals surface area contributed by atoms with E-state index in [1.807, 2.05) is 6.92 Å². The van der Waals surface area contributed by atoms with Gasteiger partial charge in [-0.05, 0) is 19.3 Å². The third kappa shape index (κ3) is 8.42. The smallest absolute Gasteiger partial charge is 0.243 e. The number of hydrogen-bond donors (Lipinski definition) is 4. The minimum absolute atomic E-state index is 0.146. The van der Waals surface area contributed by atoms with Crippen molar-refractivity contribution in [2.24, 2.45) is 22.2 Å². The van der Waals surface area contributed by atoms with Gasteiger partial charge in [0.15, 0.2) is 11.7 Å². The van der Waals surface area contributed by atoms with Gasteiger partial charge in [0, 0.05) is 13.1 Å². The average Bonchev–Trinajstić information content (AvgIpc) is 3.06. The molecule has 138 valence electrons. The maximum absolute atomic E-state index is 11.9. The summed E-state index contributed by atoms with van der Waals surface area (Å²) in [6.45, 7) is 1.67. The Morgan fingerprint density at radius 3 is 2.46 bits per heavy atom. The molecule has 1 aliphatic heterocycles. The lowest BCUT2D eigenvalue weighted by Gasteiger charge is -2.23. The summed E-state index contributed by atoms with van der Waals surface area (Å²) in [6, 6.07) is -0.585. The molecular formula is C14H27FN6O3. The van der Waals surface area contributed by atoms with E-state index in [-0.39, 0.29) is 25.0 Å². The lowest BCUT2D eigenvalue weighted by atomic mass is 10.2. The third-order valence-corrected chi connectivity index (χ3v) is 3.18. The zero-order valence-corrected chi connectivity index (χ0v) is 14.0. The van der Waals surface area contributed by atoms with Crippen LogP contribution in [0.1, 0.15) is 26.2 Å². The number of ketones is 1. The zero-order valence-electron chi connectivity index (χ0n) is 14.0. The predicted octanol–water partition coefficient (Wildman–Crippen LogP) is -1.74. The van der Waals surface area contributed by atoms with Crippen LogP contribution in [0, 0.1) is 0 Å². The lowest BCUT2D eigenvalue weighted by Crippen LogP contribution is -2.48. The van der Waals surface area contributed by atoms with Crippen LogP contribution in [-0.2, 0) is 14.4 Å². The predicted molar refractivity (Wildman–Crippen MR) is 88.7 cm³/mol. The van der Waals surface area contributed by atoms with Crippen molar-refractivity contribution in [3.8, 4) is 0 Å². The zero-order chi connectivity index (χ0) is 18.5. The Kier molecular flexibility index (Phi) is 11.1. The number of rotatable bonds is 7. The van der Waals surface area contributed by atoms with Crippen LogP contribution in [0.3, 0.4) is 0 Å². The molecule has 7 N–H and O–H groups in total. The van der Waals surface area contributed by atoms with E-state index in [0.717, 1.165) is 19.4 Å². The summed E-state index contributed by atoms with van der Waals surface area (Å²) in [5, 5.41) is 2.32. The maximum atomic E-state index is 11.9. The Balaban J connectivity index is 0.000000640. The fourth-order valence-corrected chi connectivity index (χ4v) is 2.05. The number of hydrogen-bond acceptors (Lipinski definition) is 5. The average molecular weight is 346 g/mol. The monoisotopic (exact) mass is 346 g/mol. The van der Waals surface area contributed by atoms with Crippen molar-refractivity contribution in [2.75, 3.05) is 32.9 Å². The first-order valence-corrected chi connectivity index (χ1v) is 7.77. The van der Waals surface area contributed by atoms with Gasteiger partial charge in [0.05, 0.1) is 13.1 Å². The number of amides is 2. The number of likely N-dealkylation sites (tertiary alicyclic amines) is 1. The van der Waals surface area contributed by atoms with Crippen molar-refractivity contribution in [2.45, 2.75) is 32.2 Å². The van der Waals surface area contributed by atoms with E-state index in [4.69, 9.17) is 17.2 Å². The van der Waals surface area contributed by atoms with E-state index in [0.29, 0.717) is 13.0 Å². The van der Waals surface area contributed by atoms with Crippen LogP contribution in [0.4, 0.5) is 4.39 Å². The Bertz CT molecular complexity index is 454. The van der Waals surface area contributed by atoms with E-state index in [1.54, 1.807) is 0 Å². The third-order valence-electron chi connectivity index (χ3n) is 3.18. The molecule has 0 saturated carbocycles. The molecule has 1 atom stereocenters. The second kappa shape index (κ2) is 12.2. The Morgan fingerprint density at radius 1 is 1.33 bits per heavy atom. The van der Waals surface area contributed by atoms with Gasteiger partial charge in [-0.3, -0.25) is 19.4 Å². The summed E-state index contributed by atoms with van der Waals surface area (Å²) in [5.74, 6) is -1.22. The number of nitrogens with one attached hydrogen (secondary N) is 1. The van der Waals surface area contributed by atoms with Crippen LogP contribution >= 0.6 is 0 Å². The molecule has 2 amide bonds. The van der Waals surface area contributed by atoms with Crippen molar-refractivity contribution in [3.05, 3.63) is 0 Å². The van der Waals surface area contributed by atoms with Crippen molar-refractivity contribution < 1.29 is 18.8 Å². The van der Waals surface area contributed by atoms with Crippen LogP contribution in [0.2, 0.25) is 0 Å². The highest BCUT2D eigenvalue weighted by atomic mass is 19.1. The summed E-state index contributed by atoms with van der Waals surface area (Å²) < 4.78 is 11.9. The normalized spacial score (nSPS) is 16.0. The summed E-state index contributed by atoms with van der Waals surface area (Å²) in [4.78, 5) is 38.9. The Hall–Kier alpha value is -2.23.